The molecule has 0 amide bonds. The van der Waals surface area contributed by atoms with Gasteiger partial charge in [-0.1, -0.05) is 36.4 Å². The molecule has 1 atom stereocenters. The van der Waals surface area contributed by atoms with Crippen molar-refractivity contribution in [2.24, 2.45) is 0 Å². The van der Waals surface area contributed by atoms with Gasteiger partial charge in [-0.05, 0) is 18.6 Å². The number of benzene rings is 1. The molecule has 0 bridgehead atoms. The topological polar surface area (TPSA) is 74.6 Å². The Morgan fingerprint density at radius 1 is 1.08 bits per heavy atom. The molecule has 0 aliphatic heterocycles. The summed E-state index contributed by atoms with van der Waals surface area (Å²) in [5.74, 6) is -1.27. The van der Waals surface area contributed by atoms with Crippen molar-refractivity contribution in [3.63, 3.8) is 0 Å². The minimum atomic E-state index is -1.04. The molecule has 1 aromatic heterocycles. The summed E-state index contributed by atoms with van der Waals surface area (Å²) in [5, 5.41) is 0. The van der Waals surface area contributed by atoms with Crippen molar-refractivity contribution in [1.82, 2.24) is 4.57 Å². The van der Waals surface area contributed by atoms with Gasteiger partial charge in [0, 0.05) is 18.7 Å². The highest BCUT2D eigenvalue weighted by Crippen LogP contribution is 2.09. The SMILES string of the molecule is CCOC(=O)[C@H](Cc1ccccc1)OC(=O)Cn1ccccc1=O. The minimum Gasteiger partial charge on any atom is -0.463 e. The molecule has 6 nitrogen and oxygen atoms in total. The average molecular weight is 329 g/mol. The fourth-order valence-corrected chi connectivity index (χ4v) is 2.16. The van der Waals surface area contributed by atoms with E-state index in [4.69, 9.17) is 9.47 Å². The molecular weight excluding hydrogens is 310 g/mol. The van der Waals surface area contributed by atoms with Crippen LogP contribution in [0.3, 0.4) is 0 Å². The van der Waals surface area contributed by atoms with E-state index in [1.54, 1.807) is 19.1 Å². The van der Waals surface area contributed by atoms with Crippen molar-refractivity contribution < 1.29 is 19.1 Å². The summed E-state index contributed by atoms with van der Waals surface area (Å²) in [6, 6.07) is 13.8. The number of carbonyl (C=O) groups excluding carboxylic acids is 2. The van der Waals surface area contributed by atoms with E-state index < -0.39 is 18.0 Å². The maximum absolute atomic E-state index is 12.1. The number of esters is 2. The monoisotopic (exact) mass is 329 g/mol. The molecule has 126 valence electrons. The smallest absolute Gasteiger partial charge is 0.347 e. The van der Waals surface area contributed by atoms with Gasteiger partial charge in [0.15, 0.2) is 0 Å². The molecule has 0 aliphatic carbocycles. The largest absolute Gasteiger partial charge is 0.463 e. The molecule has 0 aliphatic rings. The maximum atomic E-state index is 12.1. The second-order valence-electron chi connectivity index (χ2n) is 5.09. The van der Waals surface area contributed by atoms with Crippen molar-refractivity contribution in [3.05, 3.63) is 70.6 Å². The van der Waals surface area contributed by atoms with E-state index in [9.17, 15) is 14.4 Å². The molecule has 0 saturated carbocycles. The van der Waals surface area contributed by atoms with Crippen LogP contribution in [0, 0.1) is 0 Å². The summed E-state index contributed by atoms with van der Waals surface area (Å²) in [4.78, 5) is 35.8. The molecule has 6 heteroatoms. The molecular formula is C18H19NO5. The molecule has 24 heavy (non-hydrogen) atoms. The third-order valence-electron chi connectivity index (χ3n) is 3.29. The van der Waals surface area contributed by atoms with E-state index in [1.807, 2.05) is 30.3 Å². The van der Waals surface area contributed by atoms with E-state index in [-0.39, 0.29) is 25.1 Å². The first-order chi connectivity index (χ1) is 11.6. The van der Waals surface area contributed by atoms with Crippen LogP contribution < -0.4 is 5.56 Å². The number of rotatable bonds is 7. The second-order valence-corrected chi connectivity index (χ2v) is 5.09. The third kappa shape index (κ3) is 5.08. The number of carbonyl (C=O) groups is 2. The highest BCUT2D eigenvalue weighted by Gasteiger charge is 2.25. The normalized spacial score (nSPS) is 11.5. The van der Waals surface area contributed by atoms with Gasteiger partial charge in [0.1, 0.15) is 6.54 Å². The van der Waals surface area contributed by atoms with Gasteiger partial charge in [-0.25, -0.2) is 4.79 Å². The predicted octanol–water partition coefficient (Wildman–Crippen LogP) is 1.57. The molecule has 2 aromatic rings. The highest BCUT2D eigenvalue weighted by molar-refractivity contribution is 5.79. The quantitative estimate of drug-likeness (QED) is 0.721. The lowest BCUT2D eigenvalue weighted by Gasteiger charge is -2.17. The lowest BCUT2D eigenvalue weighted by Crippen LogP contribution is -2.34. The standard InChI is InChI=1S/C18H19NO5/c1-2-23-18(22)15(12-14-8-4-3-5-9-14)24-17(21)13-19-11-7-6-10-16(19)20/h3-11,15H,2,12-13H2,1H3/t15-/m0/s1. The molecule has 0 fully saturated rings. The summed E-state index contributed by atoms with van der Waals surface area (Å²) in [5.41, 5.74) is 0.533. The lowest BCUT2D eigenvalue weighted by molar-refractivity contribution is -0.168. The van der Waals surface area contributed by atoms with Crippen molar-refractivity contribution in [3.8, 4) is 0 Å². The molecule has 1 heterocycles. The molecule has 0 N–H and O–H groups in total. The number of hydrogen-bond donors (Lipinski definition) is 0. The van der Waals surface area contributed by atoms with Gasteiger partial charge in [-0.15, -0.1) is 0 Å². The second kappa shape index (κ2) is 8.67. The molecule has 0 spiro atoms. The number of ether oxygens (including phenoxy) is 2. The van der Waals surface area contributed by atoms with Crippen LogP contribution in [0.2, 0.25) is 0 Å². The van der Waals surface area contributed by atoms with E-state index in [0.29, 0.717) is 0 Å². The van der Waals surface area contributed by atoms with Crippen molar-refractivity contribution >= 4 is 11.9 Å². The fourth-order valence-electron chi connectivity index (χ4n) is 2.16. The number of pyridine rings is 1. The summed E-state index contributed by atoms with van der Waals surface area (Å²) in [7, 11) is 0. The van der Waals surface area contributed by atoms with Crippen LogP contribution in [0.4, 0.5) is 0 Å². The number of hydrogen-bond acceptors (Lipinski definition) is 5. The lowest BCUT2D eigenvalue weighted by atomic mass is 10.1. The maximum Gasteiger partial charge on any atom is 0.347 e. The first kappa shape index (κ1) is 17.5. The Bertz CT molecular complexity index is 738. The van der Waals surface area contributed by atoms with Gasteiger partial charge in [-0.3, -0.25) is 9.59 Å². The van der Waals surface area contributed by atoms with Gasteiger partial charge in [0.25, 0.3) is 5.56 Å². The molecule has 2 rings (SSSR count). The number of aromatic nitrogens is 1. The Balaban J connectivity index is 2.06. The Hall–Kier alpha value is -2.89. The van der Waals surface area contributed by atoms with E-state index >= 15 is 0 Å². The highest BCUT2D eigenvalue weighted by atomic mass is 16.6. The molecule has 1 aromatic carbocycles. The van der Waals surface area contributed by atoms with Crippen LogP contribution in [0.5, 0.6) is 0 Å². The van der Waals surface area contributed by atoms with Crippen LogP contribution in [-0.2, 0) is 32.0 Å². The van der Waals surface area contributed by atoms with Gasteiger partial charge in [0.2, 0.25) is 6.10 Å². The summed E-state index contributed by atoms with van der Waals surface area (Å²) < 4.78 is 11.4. The zero-order valence-electron chi connectivity index (χ0n) is 13.4. The average Bonchev–Trinajstić information content (AvgIpc) is 2.57. The Morgan fingerprint density at radius 2 is 1.79 bits per heavy atom. The van der Waals surface area contributed by atoms with Crippen LogP contribution in [-0.4, -0.2) is 29.2 Å². The zero-order chi connectivity index (χ0) is 17.4. The zero-order valence-corrected chi connectivity index (χ0v) is 13.4. The van der Waals surface area contributed by atoms with Gasteiger partial charge in [0.05, 0.1) is 6.61 Å². The van der Waals surface area contributed by atoms with Crippen LogP contribution >= 0.6 is 0 Å². The third-order valence-corrected chi connectivity index (χ3v) is 3.29. The Morgan fingerprint density at radius 3 is 2.46 bits per heavy atom. The van der Waals surface area contributed by atoms with Crippen molar-refractivity contribution in [2.45, 2.75) is 26.0 Å². The van der Waals surface area contributed by atoms with Gasteiger partial charge >= 0.3 is 11.9 Å². The van der Waals surface area contributed by atoms with Crippen molar-refractivity contribution in [1.29, 1.82) is 0 Å². The molecule has 0 saturated heterocycles. The predicted molar refractivity (Wildman–Crippen MR) is 87.4 cm³/mol. The summed E-state index contributed by atoms with van der Waals surface area (Å²) in [6.07, 6.45) is 0.661. The van der Waals surface area contributed by atoms with Crippen LogP contribution in [0.15, 0.2) is 59.5 Å². The Kier molecular flexibility index (Phi) is 6.31. The first-order valence-corrected chi connectivity index (χ1v) is 7.65. The van der Waals surface area contributed by atoms with E-state index in [2.05, 4.69) is 0 Å². The van der Waals surface area contributed by atoms with E-state index in [0.717, 1.165) is 5.56 Å². The van der Waals surface area contributed by atoms with Gasteiger partial charge < -0.3 is 14.0 Å². The van der Waals surface area contributed by atoms with Crippen LogP contribution in [0.25, 0.3) is 0 Å². The fraction of sp³-hybridized carbons (Fsp3) is 0.278. The van der Waals surface area contributed by atoms with Crippen LogP contribution in [0.1, 0.15) is 12.5 Å². The minimum absolute atomic E-state index is 0.194. The summed E-state index contributed by atoms with van der Waals surface area (Å²) >= 11 is 0. The number of nitrogens with zero attached hydrogens (tertiary/aromatic N) is 1. The van der Waals surface area contributed by atoms with Gasteiger partial charge in [-0.2, -0.15) is 0 Å². The molecule has 0 radical (unpaired) electrons. The van der Waals surface area contributed by atoms with E-state index in [1.165, 1.54) is 16.8 Å². The Labute approximate surface area is 139 Å². The summed E-state index contributed by atoms with van der Waals surface area (Å²) in [6.45, 7) is 1.62. The van der Waals surface area contributed by atoms with Crippen molar-refractivity contribution in [2.75, 3.05) is 6.61 Å². The first-order valence-electron chi connectivity index (χ1n) is 7.65. The molecule has 0 unspecified atom stereocenters.